The third-order valence-electron chi connectivity index (χ3n) is 8.83. The van der Waals surface area contributed by atoms with Crippen LogP contribution in [0.5, 0.6) is 5.75 Å². The second kappa shape index (κ2) is 16.3. The maximum Gasteiger partial charge on any atom is 0.328 e. The van der Waals surface area contributed by atoms with E-state index in [0.29, 0.717) is 43.8 Å². The minimum absolute atomic E-state index is 0.0565. The lowest BCUT2D eigenvalue weighted by molar-refractivity contribution is -0.146. The zero-order chi connectivity index (χ0) is 34.1. The maximum absolute atomic E-state index is 14.0. The van der Waals surface area contributed by atoms with Crippen molar-refractivity contribution >= 4 is 29.6 Å². The van der Waals surface area contributed by atoms with Crippen molar-refractivity contribution in [2.75, 3.05) is 27.3 Å². The van der Waals surface area contributed by atoms with Crippen LogP contribution in [0.25, 0.3) is 0 Å². The van der Waals surface area contributed by atoms with Crippen LogP contribution >= 0.6 is 0 Å². The molecule has 15 nitrogen and oxygen atoms in total. The number of methoxy groups -OCH3 is 1. The van der Waals surface area contributed by atoms with E-state index in [2.05, 4.69) is 31.6 Å². The number of hydrogen-bond acceptors (Lipinski definition) is 10. The van der Waals surface area contributed by atoms with Gasteiger partial charge < -0.3 is 35.6 Å². The lowest BCUT2D eigenvalue weighted by Gasteiger charge is -2.31. The summed E-state index contributed by atoms with van der Waals surface area (Å²) < 4.78 is 12.5. The molecule has 4 N–H and O–H groups in total. The van der Waals surface area contributed by atoms with Gasteiger partial charge in [-0.15, -0.1) is 5.10 Å². The molecular weight excluding hydrogens is 608 g/mol. The Balaban J connectivity index is 1.67. The van der Waals surface area contributed by atoms with Gasteiger partial charge in [0.15, 0.2) is 0 Å². The highest BCUT2D eigenvalue weighted by Crippen LogP contribution is 2.21. The number of aromatic nitrogens is 3. The molecule has 2 aromatic rings. The SMILES string of the molecule is CC[C@H](C)C1NC(=O)[C@@H]2CCCN2C(=O)[C@@H](NC(=O)[C@H](C)NC)Cc2cn(nn2)CCOc2ccc(cc2)C[C@@H](C(=O)OC)NC1=O. The number of fused-ring (bicyclic) bond motifs is 12. The molecule has 4 heterocycles. The fourth-order valence-electron chi connectivity index (χ4n) is 5.64. The highest BCUT2D eigenvalue weighted by Gasteiger charge is 2.40. The zero-order valence-electron chi connectivity index (χ0n) is 27.7. The molecule has 3 aliphatic heterocycles. The summed E-state index contributed by atoms with van der Waals surface area (Å²) in [6.45, 7) is 6.37. The first-order valence-electron chi connectivity index (χ1n) is 16.1. The van der Waals surface area contributed by atoms with Gasteiger partial charge in [0, 0.05) is 25.6 Å². The fraction of sp³-hybridized carbons (Fsp3) is 0.594. The summed E-state index contributed by atoms with van der Waals surface area (Å²) in [6.07, 6.45) is 3.43. The predicted molar refractivity (Wildman–Crippen MR) is 170 cm³/mol. The molecule has 1 unspecified atom stereocenters. The first-order valence-corrected chi connectivity index (χ1v) is 16.1. The van der Waals surface area contributed by atoms with Gasteiger partial charge in [-0.1, -0.05) is 37.6 Å². The van der Waals surface area contributed by atoms with Crippen LogP contribution in [0, 0.1) is 5.92 Å². The monoisotopic (exact) mass is 654 g/mol. The average molecular weight is 655 g/mol. The molecule has 47 heavy (non-hydrogen) atoms. The van der Waals surface area contributed by atoms with Crippen LogP contribution in [-0.4, -0.2) is 107 Å². The van der Waals surface area contributed by atoms with Crippen LogP contribution in [0.1, 0.15) is 51.3 Å². The molecule has 1 aromatic carbocycles. The predicted octanol–water partition coefficient (Wildman–Crippen LogP) is -0.272. The molecule has 1 fully saturated rings. The lowest BCUT2D eigenvalue weighted by atomic mass is 9.96. The molecule has 0 saturated carbocycles. The van der Waals surface area contributed by atoms with E-state index in [1.54, 1.807) is 49.1 Å². The van der Waals surface area contributed by atoms with Crippen LogP contribution in [0.2, 0.25) is 0 Å². The Hall–Kier alpha value is -4.53. The number of amides is 4. The van der Waals surface area contributed by atoms with E-state index < -0.39 is 53.9 Å². The van der Waals surface area contributed by atoms with Gasteiger partial charge in [-0.05, 0) is 50.4 Å². The van der Waals surface area contributed by atoms with Crippen molar-refractivity contribution < 1.29 is 33.4 Å². The third-order valence-corrected chi connectivity index (χ3v) is 8.83. The summed E-state index contributed by atoms with van der Waals surface area (Å²) in [5.41, 5.74) is 1.26. The van der Waals surface area contributed by atoms with Crippen molar-refractivity contribution in [3.05, 3.63) is 41.7 Å². The Bertz CT molecular complexity index is 1410. The van der Waals surface area contributed by atoms with E-state index in [0.717, 1.165) is 5.56 Å². The minimum Gasteiger partial charge on any atom is -0.492 e. The number of nitrogens with one attached hydrogen (secondary N) is 4. The van der Waals surface area contributed by atoms with Gasteiger partial charge in [0.05, 0.1) is 25.4 Å². The second-order valence-corrected chi connectivity index (χ2v) is 12.1. The van der Waals surface area contributed by atoms with Crippen molar-refractivity contribution in [1.29, 1.82) is 0 Å². The summed E-state index contributed by atoms with van der Waals surface area (Å²) in [7, 11) is 2.89. The number of ether oxygens (including phenoxy) is 2. The fourth-order valence-corrected chi connectivity index (χ4v) is 5.64. The number of nitrogens with zero attached hydrogens (tertiary/aromatic N) is 4. The van der Waals surface area contributed by atoms with E-state index in [9.17, 15) is 24.0 Å². The number of esters is 1. The van der Waals surface area contributed by atoms with E-state index in [1.807, 2.05) is 13.8 Å². The summed E-state index contributed by atoms with van der Waals surface area (Å²) in [5, 5.41) is 19.7. The zero-order valence-corrected chi connectivity index (χ0v) is 27.7. The Morgan fingerprint density at radius 1 is 1.09 bits per heavy atom. The van der Waals surface area contributed by atoms with Crippen LogP contribution < -0.4 is 26.0 Å². The van der Waals surface area contributed by atoms with Crippen molar-refractivity contribution in [1.82, 2.24) is 41.2 Å². The van der Waals surface area contributed by atoms with Crippen molar-refractivity contribution in [3.8, 4) is 5.75 Å². The van der Waals surface area contributed by atoms with E-state index >= 15 is 0 Å². The van der Waals surface area contributed by atoms with Gasteiger partial charge >= 0.3 is 5.97 Å². The summed E-state index contributed by atoms with van der Waals surface area (Å²) >= 11 is 0. The molecule has 15 heteroatoms. The van der Waals surface area contributed by atoms with E-state index in [4.69, 9.17) is 9.47 Å². The van der Waals surface area contributed by atoms with E-state index in [1.165, 1.54) is 12.0 Å². The first kappa shape index (κ1) is 35.3. The average Bonchev–Trinajstić information content (AvgIpc) is 3.75. The standard InChI is InChI=1S/C32H46N8O7/c1-6-19(2)27-30(43)35-25(32(45)46-5)16-21-9-11-23(12-10-21)47-15-14-39-18-22(37-38-39)17-24(34-28(41)20(3)33-4)31(44)40-13-7-8-26(40)29(42)36-27/h9-12,18-20,24-27,33H,6-8,13-17H2,1-5H3,(H,34,41)(H,35,43)(H,36,42)/t19-,20-,24-,25-,26-,27?/m0/s1. The van der Waals surface area contributed by atoms with Gasteiger partial charge in [-0.25, -0.2) is 9.48 Å². The number of likely N-dealkylation sites (N-methyl/N-ethyl adjacent to an activating group) is 1. The molecule has 0 aliphatic carbocycles. The Labute approximate surface area is 274 Å². The highest BCUT2D eigenvalue weighted by atomic mass is 16.5. The molecule has 3 aliphatic rings. The summed E-state index contributed by atoms with van der Waals surface area (Å²) in [5.74, 6) is -2.14. The van der Waals surface area contributed by atoms with Gasteiger partial charge in [0.2, 0.25) is 23.6 Å². The quantitative estimate of drug-likeness (QED) is 0.302. The molecule has 1 aromatic heterocycles. The number of hydrogen-bond donors (Lipinski definition) is 4. The van der Waals surface area contributed by atoms with Crippen LogP contribution in [0.4, 0.5) is 0 Å². The van der Waals surface area contributed by atoms with Crippen LogP contribution in [0.15, 0.2) is 30.5 Å². The Kier molecular flexibility index (Phi) is 12.3. The Morgan fingerprint density at radius 3 is 2.51 bits per heavy atom. The normalized spacial score (nSPS) is 24.0. The molecule has 0 spiro atoms. The number of rotatable bonds is 6. The van der Waals surface area contributed by atoms with Crippen molar-refractivity contribution in [3.63, 3.8) is 0 Å². The Morgan fingerprint density at radius 2 is 1.83 bits per heavy atom. The van der Waals surface area contributed by atoms with E-state index in [-0.39, 0.29) is 31.3 Å². The number of benzene rings is 1. The largest absolute Gasteiger partial charge is 0.492 e. The molecule has 0 radical (unpaired) electrons. The van der Waals surface area contributed by atoms with Gasteiger partial charge in [0.1, 0.15) is 36.5 Å². The molecular formula is C32H46N8O7. The van der Waals surface area contributed by atoms with Gasteiger partial charge in [-0.3, -0.25) is 19.2 Å². The second-order valence-electron chi connectivity index (χ2n) is 12.1. The molecule has 4 bridgehead atoms. The first-order chi connectivity index (χ1) is 22.5. The maximum atomic E-state index is 14.0. The third kappa shape index (κ3) is 9.05. The molecule has 1 saturated heterocycles. The van der Waals surface area contributed by atoms with Crippen LogP contribution in [0.3, 0.4) is 0 Å². The minimum atomic E-state index is -1.01. The number of carbonyl (C=O) groups is 5. The number of carbonyl (C=O) groups excluding carboxylic acids is 5. The molecule has 5 rings (SSSR count). The van der Waals surface area contributed by atoms with Crippen LogP contribution in [-0.2, 0) is 48.1 Å². The van der Waals surface area contributed by atoms with Gasteiger partial charge in [0.25, 0.3) is 0 Å². The van der Waals surface area contributed by atoms with Crippen molar-refractivity contribution in [2.24, 2.45) is 5.92 Å². The molecule has 256 valence electrons. The molecule has 4 amide bonds. The highest BCUT2D eigenvalue weighted by molar-refractivity contribution is 5.96. The molecule has 6 atom stereocenters. The van der Waals surface area contributed by atoms with Gasteiger partial charge in [-0.2, -0.15) is 0 Å². The topological polar surface area (TPSA) is 186 Å². The smallest absolute Gasteiger partial charge is 0.328 e. The lowest BCUT2D eigenvalue weighted by Crippen LogP contribution is -2.59. The summed E-state index contributed by atoms with van der Waals surface area (Å²) in [4.78, 5) is 68.6. The van der Waals surface area contributed by atoms with Crippen molar-refractivity contribution in [2.45, 2.75) is 89.6 Å². The summed E-state index contributed by atoms with van der Waals surface area (Å²) in [6, 6.07) is 2.72.